The van der Waals surface area contributed by atoms with Crippen LogP contribution < -0.4 is 9.80 Å². The first-order valence-electron chi connectivity index (χ1n) is 12.6. The summed E-state index contributed by atoms with van der Waals surface area (Å²) in [6.07, 6.45) is 0. The summed E-state index contributed by atoms with van der Waals surface area (Å²) < 4.78 is 27.8. The first-order chi connectivity index (χ1) is 18.6. The van der Waals surface area contributed by atoms with Gasteiger partial charge in [-0.3, -0.25) is 9.69 Å². The van der Waals surface area contributed by atoms with Crippen LogP contribution in [0.1, 0.15) is 11.1 Å². The Bertz CT molecular complexity index is 1540. The van der Waals surface area contributed by atoms with E-state index in [1.807, 2.05) is 6.92 Å². The Hall–Kier alpha value is -3.27. The lowest BCUT2D eigenvalue weighted by Gasteiger charge is -2.38. The van der Waals surface area contributed by atoms with Crippen molar-refractivity contribution < 1.29 is 18.0 Å². The molecule has 0 radical (unpaired) electrons. The third-order valence-electron chi connectivity index (χ3n) is 7.17. The maximum Gasteiger partial charge on any atom is 0.339 e. The summed E-state index contributed by atoms with van der Waals surface area (Å²) in [6.45, 7) is 5.86. The molecular weight excluding hydrogens is 559 g/mol. The lowest BCUT2D eigenvalue weighted by atomic mass is 10.1. The third-order valence-corrected chi connectivity index (χ3v) is 9.73. The summed E-state index contributed by atoms with van der Waals surface area (Å²) in [5.41, 5.74) is 3.72. The number of anilines is 2. The van der Waals surface area contributed by atoms with Crippen LogP contribution in [0.15, 0.2) is 71.6 Å². The van der Waals surface area contributed by atoms with Gasteiger partial charge in [0, 0.05) is 31.9 Å². The second-order valence-electron chi connectivity index (χ2n) is 9.69. The van der Waals surface area contributed by atoms with E-state index in [-0.39, 0.29) is 33.1 Å². The molecule has 1 atom stereocenters. The Kier molecular flexibility index (Phi) is 7.50. The number of sulfonamides is 1. The summed E-state index contributed by atoms with van der Waals surface area (Å²) in [4.78, 5) is 32.5. The van der Waals surface area contributed by atoms with E-state index >= 15 is 0 Å². The average molecular weight is 588 g/mol. The first-order valence-corrected chi connectivity index (χ1v) is 14.7. The largest absolute Gasteiger partial charge is 0.368 e. The number of hydrogen-bond acceptors (Lipinski definition) is 5. The van der Waals surface area contributed by atoms with Crippen molar-refractivity contribution in [1.82, 2.24) is 9.21 Å². The average Bonchev–Trinajstić information content (AvgIpc) is 3.27. The van der Waals surface area contributed by atoms with Crippen LogP contribution in [0.2, 0.25) is 10.0 Å². The number of amides is 3. The van der Waals surface area contributed by atoms with Gasteiger partial charge in [-0.2, -0.15) is 0 Å². The van der Waals surface area contributed by atoms with Crippen molar-refractivity contribution in [3.8, 4) is 0 Å². The molecule has 2 saturated heterocycles. The number of carbonyl (C=O) groups excluding carboxylic acids is 2. The quantitative estimate of drug-likeness (QED) is 0.422. The van der Waals surface area contributed by atoms with Crippen molar-refractivity contribution in [3.05, 3.63) is 87.9 Å². The molecule has 204 valence electrons. The van der Waals surface area contributed by atoms with Crippen LogP contribution in [0, 0.1) is 13.8 Å². The second kappa shape index (κ2) is 10.7. The van der Waals surface area contributed by atoms with Gasteiger partial charge in [0.1, 0.15) is 10.9 Å². The van der Waals surface area contributed by atoms with E-state index in [1.165, 1.54) is 23.1 Å². The number of hydrogen-bond donors (Lipinski definition) is 0. The molecule has 0 bridgehead atoms. The molecule has 1 unspecified atom stereocenters. The number of rotatable bonds is 5. The van der Waals surface area contributed by atoms with Crippen molar-refractivity contribution in [3.63, 3.8) is 0 Å². The van der Waals surface area contributed by atoms with Crippen molar-refractivity contribution in [2.24, 2.45) is 0 Å². The van der Waals surface area contributed by atoms with Gasteiger partial charge in [0.25, 0.3) is 10.0 Å². The number of piperazine rings is 1. The molecule has 3 aromatic carbocycles. The molecule has 0 spiro atoms. The summed E-state index contributed by atoms with van der Waals surface area (Å²) in [6, 6.07) is 16.9. The highest BCUT2D eigenvalue weighted by Gasteiger charge is 2.49. The zero-order valence-corrected chi connectivity index (χ0v) is 23.9. The van der Waals surface area contributed by atoms with Gasteiger partial charge in [0.05, 0.1) is 22.3 Å². The summed E-state index contributed by atoms with van der Waals surface area (Å²) in [5, 5.41) is 0.229. The van der Waals surface area contributed by atoms with Crippen LogP contribution in [0.5, 0.6) is 0 Å². The normalized spacial score (nSPS) is 18.2. The number of aryl methyl sites for hydroxylation is 2. The van der Waals surface area contributed by atoms with Gasteiger partial charge in [0.2, 0.25) is 5.91 Å². The molecule has 2 aliphatic rings. The third kappa shape index (κ3) is 5.06. The zero-order valence-electron chi connectivity index (χ0n) is 21.5. The minimum absolute atomic E-state index is 0.00747. The van der Waals surface area contributed by atoms with E-state index in [0.29, 0.717) is 30.5 Å². The maximum absolute atomic E-state index is 13.9. The number of benzene rings is 3. The Labute approximate surface area is 238 Å². The highest BCUT2D eigenvalue weighted by atomic mass is 35.5. The highest BCUT2D eigenvalue weighted by Crippen LogP contribution is 2.36. The minimum atomic E-state index is -4.34. The fraction of sp³-hybridized carbons (Fsp3) is 0.286. The number of para-hydroxylation sites is 1. The standard InChI is InChI=1S/C28H28Cl2N4O4S/c1-19-11-12-20(2)24(17-19)31-13-15-32(16-14-31)27(35)25-18-33(39(37,38)26-10-6-4-8-22(26)30)28(36)34(25)23-9-5-3-7-21(23)29/h3-12,17,25H,13-16,18H2,1-2H3. The van der Waals surface area contributed by atoms with Crippen LogP contribution >= 0.6 is 23.2 Å². The summed E-state index contributed by atoms with van der Waals surface area (Å²) >= 11 is 12.6. The molecule has 0 saturated carbocycles. The molecule has 39 heavy (non-hydrogen) atoms. The monoisotopic (exact) mass is 586 g/mol. The Morgan fingerprint density at radius 1 is 0.846 bits per heavy atom. The van der Waals surface area contributed by atoms with Crippen LogP contribution in [0.4, 0.5) is 16.2 Å². The smallest absolute Gasteiger partial charge is 0.339 e. The van der Waals surface area contributed by atoms with Gasteiger partial charge in [-0.05, 0) is 55.3 Å². The number of urea groups is 1. The topological polar surface area (TPSA) is 81.2 Å². The molecule has 2 heterocycles. The SMILES string of the molecule is Cc1ccc(C)c(N2CCN(C(=O)C3CN(S(=O)(=O)c4ccccc4Cl)C(=O)N3c3ccccc3Cl)CC2)c1. The van der Waals surface area contributed by atoms with Crippen molar-refractivity contribution in [1.29, 1.82) is 0 Å². The number of carbonyl (C=O) groups is 2. The van der Waals surface area contributed by atoms with Crippen molar-refractivity contribution in [2.75, 3.05) is 42.5 Å². The molecule has 0 aliphatic carbocycles. The molecule has 2 fully saturated rings. The molecule has 8 nitrogen and oxygen atoms in total. The summed E-state index contributed by atoms with van der Waals surface area (Å²) in [5.74, 6) is -0.333. The minimum Gasteiger partial charge on any atom is -0.368 e. The van der Waals surface area contributed by atoms with E-state index in [0.717, 1.165) is 16.8 Å². The van der Waals surface area contributed by atoms with Crippen molar-refractivity contribution in [2.45, 2.75) is 24.8 Å². The van der Waals surface area contributed by atoms with Gasteiger partial charge in [-0.15, -0.1) is 0 Å². The van der Waals surface area contributed by atoms with Crippen LogP contribution in [-0.4, -0.2) is 68.3 Å². The van der Waals surface area contributed by atoms with Crippen LogP contribution in [0.3, 0.4) is 0 Å². The first kappa shape index (κ1) is 27.3. The van der Waals surface area contributed by atoms with Gasteiger partial charge < -0.3 is 9.80 Å². The van der Waals surface area contributed by atoms with Gasteiger partial charge in [-0.1, -0.05) is 59.6 Å². The number of nitrogens with zero attached hydrogens (tertiary/aromatic N) is 4. The van der Waals surface area contributed by atoms with E-state index < -0.39 is 22.1 Å². The zero-order chi connectivity index (χ0) is 27.9. The molecule has 0 N–H and O–H groups in total. The van der Waals surface area contributed by atoms with E-state index in [4.69, 9.17) is 23.2 Å². The molecule has 5 rings (SSSR count). The fourth-order valence-electron chi connectivity index (χ4n) is 5.09. The lowest BCUT2D eigenvalue weighted by Crippen LogP contribution is -2.55. The van der Waals surface area contributed by atoms with Crippen LogP contribution in [0.25, 0.3) is 0 Å². The summed E-state index contributed by atoms with van der Waals surface area (Å²) in [7, 11) is -4.34. The van der Waals surface area contributed by atoms with Crippen molar-refractivity contribution >= 4 is 56.5 Å². The van der Waals surface area contributed by atoms with E-state index in [1.54, 1.807) is 35.2 Å². The molecular formula is C28H28Cl2N4O4S. The van der Waals surface area contributed by atoms with Gasteiger partial charge in [-0.25, -0.2) is 17.5 Å². The van der Waals surface area contributed by atoms with Gasteiger partial charge in [0.15, 0.2) is 0 Å². The second-order valence-corrected chi connectivity index (χ2v) is 12.3. The Morgan fingerprint density at radius 2 is 1.49 bits per heavy atom. The molecule has 0 aromatic heterocycles. The predicted octanol–water partition coefficient (Wildman–Crippen LogP) is 4.96. The van der Waals surface area contributed by atoms with E-state index in [2.05, 4.69) is 30.0 Å². The van der Waals surface area contributed by atoms with Crippen LogP contribution in [-0.2, 0) is 14.8 Å². The lowest BCUT2D eigenvalue weighted by molar-refractivity contribution is -0.132. The Morgan fingerprint density at radius 3 is 2.15 bits per heavy atom. The highest BCUT2D eigenvalue weighted by molar-refractivity contribution is 7.89. The Balaban J connectivity index is 1.44. The number of halogens is 2. The fourth-order valence-corrected chi connectivity index (χ4v) is 7.18. The molecule has 2 aliphatic heterocycles. The predicted molar refractivity (Wildman–Crippen MR) is 153 cm³/mol. The molecule has 3 amide bonds. The molecule has 3 aromatic rings. The van der Waals surface area contributed by atoms with Gasteiger partial charge >= 0.3 is 6.03 Å². The van der Waals surface area contributed by atoms with E-state index in [9.17, 15) is 18.0 Å². The maximum atomic E-state index is 13.9. The molecule has 11 heteroatoms.